The van der Waals surface area contributed by atoms with Crippen molar-refractivity contribution < 1.29 is 4.79 Å². The lowest BCUT2D eigenvalue weighted by molar-refractivity contribution is -0.140. The Labute approximate surface area is 142 Å². The van der Waals surface area contributed by atoms with Gasteiger partial charge in [-0.05, 0) is 37.1 Å². The standard InChI is InChI=1S/C19H22N4O/c24-19(23-13-16(14-23)17-7-1-3-9-20-17)15-6-5-11-22(12-15)18-8-2-4-10-21-18/h1-4,7-10,15-16H,5-6,11-14H2. The quantitative estimate of drug-likeness (QED) is 0.870. The Kier molecular flexibility index (Phi) is 4.15. The summed E-state index contributed by atoms with van der Waals surface area (Å²) in [4.78, 5) is 25.8. The zero-order valence-electron chi connectivity index (χ0n) is 13.7. The molecule has 1 amide bonds. The summed E-state index contributed by atoms with van der Waals surface area (Å²) in [5, 5.41) is 0. The monoisotopic (exact) mass is 322 g/mol. The molecular formula is C19H22N4O. The van der Waals surface area contributed by atoms with Crippen molar-refractivity contribution in [3.05, 3.63) is 54.5 Å². The van der Waals surface area contributed by atoms with Crippen LogP contribution in [0.2, 0.25) is 0 Å². The second kappa shape index (κ2) is 6.59. The maximum atomic E-state index is 12.8. The minimum absolute atomic E-state index is 0.0884. The third-order valence-corrected chi connectivity index (χ3v) is 5.04. The SMILES string of the molecule is O=C(C1CCCN(c2ccccn2)C1)N1CC(c2ccccn2)C1. The van der Waals surface area contributed by atoms with Gasteiger partial charge in [-0.3, -0.25) is 9.78 Å². The van der Waals surface area contributed by atoms with E-state index >= 15 is 0 Å². The Morgan fingerprint density at radius 2 is 1.79 bits per heavy atom. The van der Waals surface area contributed by atoms with Crippen molar-refractivity contribution in [3.8, 4) is 0 Å². The number of hydrogen-bond acceptors (Lipinski definition) is 4. The van der Waals surface area contributed by atoms with Gasteiger partial charge < -0.3 is 9.80 Å². The van der Waals surface area contributed by atoms with Crippen molar-refractivity contribution in [2.45, 2.75) is 18.8 Å². The minimum Gasteiger partial charge on any atom is -0.356 e. The zero-order chi connectivity index (χ0) is 16.4. The summed E-state index contributed by atoms with van der Waals surface area (Å²) in [5.74, 6) is 1.75. The topological polar surface area (TPSA) is 49.3 Å². The third kappa shape index (κ3) is 2.98. The molecule has 124 valence electrons. The largest absolute Gasteiger partial charge is 0.356 e. The van der Waals surface area contributed by atoms with Gasteiger partial charge in [0, 0.05) is 50.2 Å². The number of carbonyl (C=O) groups is 1. The average molecular weight is 322 g/mol. The Bertz CT molecular complexity index is 685. The molecule has 2 aromatic rings. The van der Waals surface area contributed by atoms with E-state index < -0.39 is 0 Å². The predicted octanol–water partition coefficient (Wildman–Crippen LogP) is 2.32. The van der Waals surface area contributed by atoms with Gasteiger partial charge in [0.2, 0.25) is 5.91 Å². The number of pyridine rings is 2. The lowest BCUT2D eigenvalue weighted by Gasteiger charge is -2.42. The number of aromatic nitrogens is 2. The lowest BCUT2D eigenvalue weighted by atomic mass is 9.90. The van der Waals surface area contributed by atoms with Gasteiger partial charge in [-0.1, -0.05) is 12.1 Å². The van der Waals surface area contributed by atoms with Crippen molar-refractivity contribution in [3.63, 3.8) is 0 Å². The summed E-state index contributed by atoms with van der Waals surface area (Å²) in [6, 6.07) is 11.9. The highest BCUT2D eigenvalue weighted by molar-refractivity contribution is 5.80. The van der Waals surface area contributed by atoms with Crippen molar-refractivity contribution in [2.75, 3.05) is 31.1 Å². The van der Waals surface area contributed by atoms with Crippen LogP contribution in [0, 0.1) is 5.92 Å². The summed E-state index contributed by atoms with van der Waals surface area (Å²) < 4.78 is 0. The molecule has 2 saturated heterocycles. The van der Waals surface area contributed by atoms with Gasteiger partial charge in [-0.2, -0.15) is 0 Å². The number of likely N-dealkylation sites (tertiary alicyclic amines) is 1. The summed E-state index contributed by atoms with van der Waals surface area (Å²) in [6.07, 6.45) is 5.66. The van der Waals surface area contributed by atoms with Gasteiger partial charge in [0.1, 0.15) is 5.82 Å². The van der Waals surface area contributed by atoms with E-state index in [1.54, 1.807) is 0 Å². The average Bonchev–Trinajstić information content (AvgIpc) is 2.62. The molecule has 5 nitrogen and oxygen atoms in total. The van der Waals surface area contributed by atoms with Gasteiger partial charge in [-0.15, -0.1) is 0 Å². The number of hydrogen-bond donors (Lipinski definition) is 0. The maximum Gasteiger partial charge on any atom is 0.227 e. The highest BCUT2D eigenvalue weighted by Crippen LogP contribution is 2.29. The Morgan fingerprint density at radius 3 is 2.50 bits per heavy atom. The van der Waals surface area contributed by atoms with Crippen LogP contribution in [-0.2, 0) is 4.79 Å². The second-order valence-electron chi connectivity index (χ2n) is 6.67. The highest BCUT2D eigenvalue weighted by Gasteiger charge is 2.37. The van der Waals surface area contributed by atoms with Crippen molar-refractivity contribution in [1.29, 1.82) is 0 Å². The van der Waals surface area contributed by atoms with Crippen molar-refractivity contribution >= 4 is 11.7 Å². The number of nitrogens with zero attached hydrogens (tertiary/aromatic N) is 4. The van der Waals surface area contributed by atoms with E-state index in [0.717, 1.165) is 50.5 Å². The summed E-state index contributed by atoms with van der Waals surface area (Å²) in [7, 11) is 0. The van der Waals surface area contributed by atoms with E-state index in [2.05, 4.69) is 20.9 Å². The molecule has 2 fully saturated rings. The number of amides is 1. The molecule has 0 N–H and O–H groups in total. The van der Waals surface area contributed by atoms with E-state index in [-0.39, 0.29) is 5.92 Å². The minimum atomic E-state index is 0.0884. The van der Waals surface area contributed by atoms with E-state index in [1.807, 2.05) is 47.6 Å². The molecule has 4 rings (SSSR count). The summed E-state index contributed by atoms with van der Waals surface area (Å²) >= 11 is 0. The number of rotatable bonds is 3. The van der Waals surface area contributed by atoms with Crippen LogP contribution in [0.15, 0.2) is 48.8 Å². The third-order valence-electron chi connectivity index (χ3n) is 5.04. The fraction of sp³-hybridized carbons (Fsp3) is 0.421. The van der Waals surface area contributed by atoms with Crippen molar-refractivity contribution in [2.24, 2.45) is 5.92 Å². The predicted molar refractivity (Wildman–Crippen MR) is 92.7 cm³/mol. The molecule has 5 heteroatoms. The van der Waals surface area contributed by atoms with Crippen LogP contribution in [0.4, 0.5) is 5.82 Å². The molecule has 0 spiro atoms. The Balaban J connectivity index is 1.35. The first-order chi connectivity index (χ1) is 11.8. The fourth-order valence-electron chi connectivity index (χ4n) is 3.65. The fourth-order valence-corrected chi connectivity index (χ4v) is 3.65. The van der Waals surface area contributed by atoms with E-state index in [1.165, 1.54) is 0 Å². The molecule has 0 aromatic carbocycles. The Hall–Kier alpha value is -2.43. The molecule has 0 radical (unpaired) electrons. The van der Waals surface area contributed by atoms with Crippen LogP contribution in [0.5, 0.6) is 0 Å². The molecule has 0 aliphatic carbocycles. The van der Waals surface area contributed by atoms with Crippen LogP contribution in [0.25, 0.3) is 0 Å². The van der Waals surface area contributed by atoms with Gasteiger partial charge in [-0.25, -0.2) is 4.98 Å². The first kappa shape index (κ1) is 15.1. The first-order valence-corrected chi connectivity index (χ1v) is 8.67. The lowest BCUT2D eigenvalue weighted by Crippen LogP contribution is -2.53. The molecular weight excluding hydrogens is 300 g/mol. The summed E-state index contributed by atoms with van der Waals surface area (Å²) in [6.45, 7) is 3.36. The summed E-state index contributed by atoms with van der Waals surface area (Å²) in [5.41, 5.74) is 1.10. The number of piperidine rings is 1. The highest BCUT2D eigenvalue weighted by atomic mass is 16.2. The van der Waals surface area contributed by atoms with E-state index in [9.17, 15) is 4.79 Å². The number of carbonyl (C=O) groups excluding carboxylic acids is 1. The second-order valence-corrected chi connectivity index (χ2v) is 6.67. The smallest absolute Gasteiger partial charge is 0.227 e. The molecule has 0 saturated carbocycles. The van der Waals surface area contributed by atoms with Crippen LogP contribution < -0.4 is 4.90 Å². The van der Waals surface area contributed by atoms with Crippen LogP contribution in [0.1, 0.15) is 24.5 Å². The molecule has 4 heterocycles. The van der Waals surface area contributed by atoms with Gasteiger partial charge in [0.05, 0.1) is 5.92 Å². The van der Waals surface area contributed by atoms with Crippen LogP contribution in [-0.4, -0.2) is 47.0 Å². The normalized spacial score (nSPS) is 21.4. The van der Waals surface area contributed by atoms with Crippen molar-refractivity contribution in [1.82, 2.24) is 14.9 Å². The molecule has 2 aliphatic rings. The van der Waals surface area contributed by atoms with E-state index in [4.69, 9.17) is 0 Å². The van der Waals surface area contributed by atoms with Crippen LogP contribution in [0.3, 0.4) is 0 Å². The molecule has 0 bridgehead atoms. The molecule has 1 atom stereocenters. The molecule has 1 unspecified atom stereocenters. The number of anilines is 1. The van der Waals surface area contributed by atoms with Gasteiger partial charge in [0.25, 0.3) is 0 Å². The van der Waals surface area contributed by atoms with Gasteiger partial charge in [0.15, 0.2) is 0 Å². The maximum absolute atomic E-state index is 12.8. The van der Waals surface area contributed by atoms with E-state index in [0.29, 0.717) is 11.8 Å². The molecule has 2 aromatic heterocycles. The Morgan fingerprint density at radius 1 is 1.00 bits per heavy atom. The molecule has 24 heavy (non-hydrogen) atoms. The zero-order valence-corrected chi connectivity index (χ0v) is 13.7. The van der Waals surface area contributed by atoms with Gasteiger partial charge >= 0.3 is 0 Å². The first-order valence-electron chi connectivity index (χ1n) is 8.67. The van der Waals surface area contributed by atoms with Crippen LogP contribution >= 0.6 is 0 Å². The molecule has 2 aliphatic heterocycles.